The zero-order valence-corrected chi connectivity index (χ0v) is 19.3. The fraction of sp³-hybridized carbons (Fsp3) is 0.714. The SMILES string of the molecule is CCOC(=O)/C(C)=C/C(C)=C/[C@@H](C)[C@H](O[Si](C)(C)C(C)(C)C)[C@@H]1O[C@H]1C=O. The van der Waals surface area contributed by atoms with Crippen LogP contribution in [0.5, 0.6) is 0 Å². The second-order valence-electron chi connectivity index (χ2n) is 8.86. The Balaban J connectivity index is 3.00. The van der Waals surface area contributed by atoms with Crippen molar-refractivity contribution in [1.29, 1.82) is 0 Å². The molecular weight excluding hydrogens is 360 g/mol. The Morgan fingerprint density at radius 2 is 1.85 bits per heavy atom. The molecule has 1 rings (SSSR count). The monoisotopic (exact) mass is 396 g/mol. The summed E-state index contributed by atoms with van der Waals surface area (Å²) in [6.45, 7) is 18.9. The lowest BCUT2D eigenvalue weighted by atomic mass is 9.97. The van der Waals surface area contributed by atoms with Crippen LogP contribution in [0.1, 0.15) is 48.5 Å². The molecule has 5 nitrogen and oxygen atoms in total. The van der Waals surface area contributed by atoms with E-state index in [2.05, 4.69) is 46.9 Å². The van der Waals surface area contributed by atoms with Crippen molar-refractivity contribution in [2.75, 3.05) is 6.61 Å². The van der Waals surface area contributed by atoms with Crippen molar-refractivity contribution in [2.45, 2.75) is 84.9 Å². The Hall–Kier alpha value is -1.24. The summed E-state index contributed by atoms with van der Waals surface area (Å²) in [5.74, 6) is -0.265. The van der Waals surface area contributed by atoms with Crippen LogP contribution in [0, 0.1) is 5.92 Å². The predicted molar refractivity (Wildman–Crippen MR) is 110 cm³/mol. The standard InChI is InChI=1S/C21H36O5Si/c1-10-24-20(23)16(4)12-14(2)11-15(3)18(19-17(13-22)25-19)26-27(8,9)21(5,6)7/h11-13,15,17-19H,10H2,1-9H3/b14-11+,16-12+/t15-,17+,18+,19-/m1/s1. The van der Waals surface area contributed by atoms with E-state index in [1.807, 2.05) is 13.0 Å². The van der Waals surface area contributed by atoms with Gasteiger partial charge in [0.05, 0.1) is 12.7 Å². The van der Waals surface area contributed by atoms with E-state index in [1.165, 1.54) is 0 Å². The summed E-state index contributed by atoms with van der Waals surface area (Å²) in [4.78, 5) is 22.9. The van der Waals surface area contributed by atoms with Gasteiger partial charge < -0.3 is 18.7 Å². The van der Waals surface area contributed by atoms with Gasteiger partial charge in [0, 0.05) is 11.5 Å². The van der Waals surface area contributed by atoms with Crippen molar-refractivity contribution < 1.29 is 23.5 Å². The van der Waals surface area contributed by atoms with E-state index >= 15 is 0 Å². The predicted octanol–water partition coefficient (Wildman–Crippen LogP) is 4.43. The second kappa shape index (κ2) is 9.30. The van der Waals surface area contributed by atoms with Gasteiger partial charge in [-0.25, -0.2) is 4.79 Å². The Labute approximate surface area is 165 Å². The molecule has 0 amide bonds. The fourth-order valence-electron chi connectivity index (χ4n) is 2.70. The quantitative estimate of drug-likeness (QED) is 0.144. The van der Waals surface area contributed by atoms with E-state index in [0.29, 0.717) is 12.2 Å². The minimum absolute atomic E-state index is 0.0420. The van der Waals surface area contributed by atoms with Crippen molar-refractivity contribution in [3.8, 4) is 0 Å². The lowest BCUT2D eigenvalue weighted by Gasteiger charge is -2.40. The minimum Gasteiger partial charge on any atom is -0.463 e. The zero-order valence-electron chi connectivity index (χ0n) is 18.3. The van der Waals surface area contributed by atoms with Crippen LogP contribution in [0.2, 0.25) is 18.1 Å². The van der Waals surface area contributed by atoms with Gasteiger partial charge in [-0.2, -0.15) is 0 Å². The maximum absolute atomic E-state index is 11.8. The molecule has 1 heterocycles. The van der Waals surface area contributed by atoms with Gasteiger partial charge in [0.1, 0.15) is 12.2 Å². The molecule has 6 heteroatoms. The normalized spacial score (nSPS) is 23.6. The Morgan fingerprint density at radius 3 is 2.30 bits per heavy atom. The lowest BCUT2D eigenvalue weighted by molar-refractivity contribution is -0.138. The number of hydrogen-bond donors (Lipinski definition) is 0. The van der Waals surface area contributed by atoms with Crippen molar-refractivity contribution in [1.82, 2.24) is 0 Å². The molecule has 0 saturated carbocycles. The summed E-state index contributed by atoms with van der Waals surface area (Å²) in [6.07, 6.45) is 3.97. The molecule has 0 aliphatic carbocycles. The number of allylic oxidation sites excluding steroid dienone is 2. The molecule has 154 valence electrons. The van der Waals surface area contributed by atoms with E-state index in [-0.39, 0.29) is 35.2 Å². The molecule has 0 radical (unpaired) electrons. The van der Waals surface area contributed by atoms with Crippen LogP contribution >= 0.6 is 0 Å². The highest BCUT2D eigenvalue weighted by Crippen LogP contribution is 2.41. The summed E-state index contributed by atoms with van der Waals surface area (Å²) in [5, 5.41) is 0.0652. The van der Waals surface area contributed by atoms with E-state index in [9.17, 15) is 9.59 Å². The van der Waals surface area contributed by atoms with Crippen molar-refractivity contribution in [2.24, 2.45) is 5.92 Å². The topological polar surface area (TPSA) is 65.1 Å². The van der Waals surface area contributed by atoms with Gasteiger partial charge in [-0.05, 0) is 45.0 Å². The molecule has 0 aromatic carbocycles. The smallest absolute Gasteiger partial charge is 0.333 e. The van der Waals surface area contributed by atoms with E-state index in [0.717, 1.165) is 11.9 Å². The third kappa shape index (κ3) is 6.70. The molecule has 0 N–H and O–H groups in total. The number of aldehydes is 1. The molecule has 0 aromatic heterocycles. The number of esters is 1. The average Bonchev–Trinajstić information content (AvgIpc) is 3.30. The average molecular weight is 397 g/mol. The molecule has 0 aromatic rings. The summed E-state index contributed by atoms with van der Waals surface area (Å²) in [6, 6.07) is 0. The largest absolute Gasteiger partial charge is 0.463 e. The highest BCUT2D eigenvalue weighted by molar-refractivity contribution is 6.74. The minimum atomic E-state index is -2.02. The van der Waals surface area contributed by atoms with Gasteiger partial charge in [-0.1, -0.05) is 39.3 Å². The van der Waals surface area contributed by atoms with Gasteiger partial charge in [0.15, 0.2) is 14.6 Å². The molecule has 1 fully saturated rings. The Kier molecular flexibility index (Phi) is 8.20. The first-order chi connectivity index (χ1) is 12.3. The van der Waals surface area contributed by atoms with Crippen LogP contribution in [0.3, 0.4) is 0 Å². The number of ether oxygens (including phenoxy) is 2. The van der Waals surface area contributed by atoms with Crippen LogP contribution < -0.4 is 0 Å². The molecule has 0 unspecified atom stereocenters. The van der Waals surface area contributed by atoms with Crippen LogP contribution in [0.25, 0.3) is 0 Å². The third-order valence-electron chi connectivity index (χ3n) is 5.34. The first-order valence-corrected chi connectivity index (χ1v) is 12.6. The molecule has 0 spiro atoms. The number of hydrogen-bond acceptors (Lipinski definition) is 5. The third-order valence-corrected chi connectivity index (χ3v) is 9.82. The number of carbonyl (C=O) groups excluding carboxylic acids is 2. The molecule has 4 atom stereocenters. The van der Waals surface area contributed by atoms with Gasteiger partial charge in [0.2, 0.25) is 0 Å². The molecule has 27 heavy (non-hydrogen) atoms. The summed E-state index contributed by atoms with van der Waals surface area (Å²) in [5.41, 5.74) is 1.52. The summed E-state index contributed by atoms with van der Waals surface area (Å²) < 4.78 is 17.2. The molecular formula is C21H36O5Si. The van der Waals surface area contributed by atoms with Crippen LogP contribution in [-0.4, -0.2) is 45.5 Å². The van der Waals surface area contributed by atoms with Crippen molar-refractivity contribution in [3.05, 3.63) is 23.3 Å². The summed E-state index contributed by atoms with van der Waals surface area (Å²) >= 11 is 0. The second-order valence-corrected chi connectivity index (χ2v) is 13.6. The lowest BCUT2D eigenvalue weighted by Crippen LogP contribution is -2.47. The van der Waals surface area contributed by atoms with Gasteiger partial charge >= 0.3 is 5.97 Å². The summed E-state index contributed by atoms with van der Waals surface area (Å²) in [7, 11) is -2.02. The first-order valence-electron chi connectivity index (χ1n) is 9.66. The van der Waals surface area contributed by atoms with Crippen molar-refractivity contribution in [3.63, 3.8) is 0 Å². The molecule has 1 aliphatic heterocycles. The van der Waals surface area contributed by atoms with Gasteiger partial charge in [0.25, 0.3) is 0 Å². The zero-order chi connectivity index (χ0) is 21.0. The van der Waals surface area contributed by atoms with Crippen LogP contribution in [-0.2, 0) is 23.5 Å². The van der Waals surface area contributed by atoms with Gasteiger partial charge in [-0.3, -0.25) is 0 Å². The van der Waals surface area contributed by atoms with Crippen molar-refractivity contribution >= 4 is 20.6 Å². The maximum Gasteiger partial charge on any atom is 0.333 e. The Morgan fingerprint density at radius 1 is 1.26 bits per heavy atom. The van der Waals surface area contributed by atoms with E-state index in [4.69, 9.17) is 13.9 Å². The van der Waals surface area contributed by atoms with Gasteiger partial charge in [-0.15, -0.1) is 0 Å². The van der Waals surface area contributed by atoms with Crippen LogP contribution in [0.4, 0.5) is 0 Å². The number of carbonyl (C=O) groups is 2. The number of rotatable bonds is 9. The Bertz CT molecular complexity index is 600. The van der Waals surface area contributed by atoms with E-state index in [1.54, 1.807) is 13.8 Å². The fourth-order valence-corrected chi connectivity index (χ4v) is 4.09. The maximum atomic E-state index is 11.8. The highest BCUT2D eigenvalue weighted by atomic mass is 28.4. The highest BCUT2D eigenvalue weighted by Gasteiger charge is 2.50. The molecule has 0 bridgehead atoms. The molecule has 1 aliphatic rings. The van der Waals surface area contributed by atoms with E-state index < -0.39 is 8.32 Å². The molecule has 1 saturated heterocycles. The van der Waals surface area contributed by atoms with Crippen LogP contribution in [0.15, 0.2) is 23.3 Å². The first kappa shape index (κ1) is 23.8. The number of epoxide rings is 1.